The van der Waals surface area contributed by atoms with Crippen LogP contribution in [-0.2, 0) is 11.3 Å². The average molecular weight is 392 g/mol. The molecule has 0 unspecified atom stereocenters. The fourth-order valence-electron chi connectivity index (χ4n) is 2.83. The second-order valence-corrected chi connectivity index (χ2v) is 8.43. The molecule has 0 saturated carbocycles. The molecule has 1 fully saturated rings. The summed E-state index contributed by atoms with van der Waals surface area (Å²) in [5, 5.41) is -0.217. The van der Waals surface area contributed by atoms with Gasteiger partial charge < -0.3 is 0 Å². The third kappa shape index (κ3) is 3.89. The molecule has 27 heavy (non-hydrogen) atoms. The van der Waals surface area contributed by atoms with Crippen molar-refractivity contribution in [2.45, 2.75) is 13.5 Å². The number of hydrogen-bond donors (Lipinski definition) is 0. The van der Waals surface area contributed by atoms with Crippen molar-refractivity contribution < 1.29 is 9.59 Å². The van der Waals surface area contributed by atoms with Crippen LogP contribution in [-0.4, -0.2) is 16.0 Å². The molecule has 0 spiro atoms. The molecule has 1 aliphatic heterocycles. The van der Waals surface area contributed by atoms with E-state index in [1.165, 1.54) is 10.5 Å². The maximum atomic E-state index is 12.7. The van der Waals surface area contributed by atoms with Crippen molar-refractivity contribution in [3.05, 3.63) is 87.6 Å². The summed E-state index contributed by atoms with van der Waals surface area (Å²) in [4.78, 5) is 28.8. The summed E-state index contributed by atoms with van der Waals surface area (Å²) in [6.07, 6.45) is 1.82. The summed E-state index contributed by atoms with van der Waals surface area (Å²) in [6.45, 7) is 2.37. The Bertz CT molecular complexity index is 1020. The van der Waals surface area contributed by atoms with E-state index in [9.17, 15) is 9.59 Å². The number of benzene rings is 2. The van der Waals surface area contributed by atoms with E-state index < -0.39 is 0 Å². The van der Waals surface area contributed by atoms with Crippen molar-refractivity contribution in [3.8, 4) is 10.4 Å². The van der Waals surface area contributed by atoms with Gasteiger partial charge in [-0.2, -0.15) is 0 Å². The quantitative estimate of drug-likeness (QED) is 0.515. The van der Waals surface area contributed by atoms with Crippen molar-refractivity contribution in [2.75, 3.05) is 0 Å². The summed E-state index contributed by atoms with van der Waals surface area (Å²) in [5.74, 6) is -0.223. The van der Waals surface area contributed by atoms with Gasteiger partial charge in [-0.3, -0.25) is 14.5 Å². The number of thioether (sulfide) groups is 1. The minimum atomic E-state index is -0.223. The largest absolute Gasteiger partial charge is 0.293 e. The molecule has 1 saturated heterocycles. The first kappa shape index (κ1) is 17.8. The second-order valence-electron chi connectivity index (χ2n) is 6.32. The van der Waals surface area contributed by atoms with Gasteiger partial charge in [-0.1, -0.05) is 60.2 Å². The van der Waals surface area contributed by atoms with E-state index in [1.807, 2.05) is 42.5 Å². The molecule has 4 rings (SSSR count). The van der Waals surface area contributed by atoms with E-state index in [0.717, 1.165) is 32.6 Å². The molecule has 0 atom stereocenters. The third-order valence-electron chi connectivity index (χ3n) is 4.29. The van der Waals surface area contributed by atoms with Crippen molar-refractivity contribution in [1.82, 2.24) is 4.90 Å². The maximum Gasteiger partial charge on any atom is 0.293 e. The summed E-state index contributed by atoms with van der Waals surface area (Å²) in [7, 11) is 0. The molecule has 0 radical (unpaired) electrons. The number of thiophene rings is 1. The maximum absolute atomic E-state index is 12.7. The van der Waals surface area contributed by atoms with Crippen LogP contribution >= 0.6 is 23.1 Å². The first-order chi connectivity index (χ1) is 13.1. The van der Waals surface area contributed by atoms with Gasteiger partial charge in [0.15, 0.2) is 0 Å². The van der Waals surface area contributed by atoms with Crippen LogP contribution < -0.4 is 0 Å². The lowest BCUT2D eigenvalue weighted by Crippen LogP contribution is -2.27. The highest BCUT2D eigenvalue weighted by Gasteiger charge is 2.35. The Morgan fingerprint density at radius 3 is 2.41 bits per heavy atom. The second kappa shape index (κ2) is 7.55. The average Bonchev–Trinajstić information content (AvgIpc) is 3.24. The summed E-state index contributed by atoms with van der Waals surface area (Å²) < 4.78 is 0. The Kier molecular flexibility index (Phi) is 4.97. The van der Waals surface area contributed by atoms with Gasteiger partial charge in [-0.25, -0.2) is 0 Å². The smallest absolute Gasteiger partial charge is 0.268 e. The zero-order chi connectivity index (χ0) is 18.8. The number of amides is 2. The first-order valence-corrected chi connectivity index (χ1v) is 10.2. The molecular weight excluding hydrogens is 374 g/mol. The molecule has 3 nitrogen and oxygen atoms in total. The monoisotopic (exact) mass is 391 g/mol. The molecule has 1 aromatic heterocycles. The zero-order valence-corrected chi connectivity index (χ0v) is 16.3. The van der Waals surface area contributed by atoms with Gasteiger partial charge in [0.2, 0.25) is 0 Å². The molecule has 5 heteroatoms. The number of carbonyl (C=O) groups excluding carboxylic acids is 2. The normalized spacial score (nSPS) is 15.7. The van der Waals surface area contributed by atoms with Crippen LogP contribution in [0, 0.1) is 6.92 Å². The zero-order valence-electron chi connectivity index (χ0n) is 14.7. The molecule has 3 aromatic rings. The van der Waals surface area contributed by atoms with Crippen molar-refractivity contribution in [2.24, 2.45) is 0 Å². The van der Waals surface area contributed by atoms with E-state index in [1.54, 1.807) is 11.3 Å². The SMILES string of the molecule is Cc1ccc(-c2ccc(/C=C3\SC(=O)N(Cc4ccccc4)C3=O)s2)cc1. The van der Waals surface area contributed by atoms with Crippen molar-refractivity contribution >= 4 is 40.3 Å². The van der Waals surface area contributed by atoms with E-state index in [4.69, 9.17) is 0 Å². The molecule has 1 aliphatic rings. The molecule has 0 bridgehead atoms. The number of imide groups is 1. The molecule has 0 aliphatic carbocycles. The van der Waals surface area contributed by atoms with Gasteiger partial charge >= 0.3 is 0 Å². The highest BCUT2D eigenvalue weighted by atomic mass is 32.2. The number of carbonyl (C=O) groups is 2. The highest BCUT2D eigenvalue weighted by Crippen LogP contribution is 2.36. The predicted octanol–water partition coefficient (Wildman–Crippen LogP) is 5.96. The Morgan fingerprint density at radius 1 is 0.926 bits per heavy atom. The number of aryl methyl sites for hydroxylation is 1. The summed E-state index contributed by atoms with van der Waals surface area (Å²) in [6, 6.07) is 22.0. The number of rotatable bonds is 4. The van der Waals surface area contributed by atoms with Gasteiger partial charge in [-0.15, -0.1) is 11.3 Å². The van der Waals surface area contributed by atoms with Crippen LogP contribution in [0.15, 0.2) is 71.6 Å². The predicted molar refractivity (Wildman–Crippen MR) is 112 cm³/mol. The fraction of sp³-hybridized carbons (Fsp3) is 0.0909. The van der Waals surface area contributed by atoms with E-state index in [2.05, 4.69) is 37.3 Å². The van der Waals surface area contributed by atoms with Gasteiger partial charge in [0.05, 0.1) is 11.4 Å². The molecular formula is C22H17NO2S2. The molecule has 2 aromatic carbocycles. The third-order valence-corrected chi connectivity index (χ3v) is 6.28. The lowest BCUT2D eigenvalue weighted by atomic mass is 10.1. The number of nitrogens with zero attached hydrogens (tertiary/aromatic N) is 1. The standard InChI is InChI=1S/C22H17NO2S2/c1-15-7-9-17(10-8-15)19-12-11-18(26-19)13-20-21(24)23(22(25)27-20)14-16-5-3-2-4-6-16/h2-13H,14H2,1H3/b20-13-. The lowest BCUT2D eigenvalue weighted by molar-refractivity contribution is -0.123. The van der Waals surface area contributed by atoms with Gasteiger partial charge in [0, 0.05) is 9.75 Å². The molecule has 2 heterocycles. The minimum absolute atomic E-state index is 0.217. The van der Waals surface area contributed by atoms with Crippen LogP contribution in [0.3, 0.4) is 0 Å². The fourth-order valence-corrected chi connectivity index (χ4v) is 4.70. The van der Waals surface area contributed by atoms with Crippen LogP contribution in [0.1, 0.15) is 16.0 Å². The number of hydrogen-bond acceptors (Lipinski definition) is 4. The molecule has 0 N–H and O–H groups in total. The highest BCUT2D eigenvalue weighted by molar-refractivity contribution is 8.18. The summed E-state index contributed by atoms with van der Waals surface area (Å²) >= 11 is 2.62. The van der Waals surface area contributed by atoms with Gasteiger partial charge in [0.1, 0.15) is 0 Å². The van der Waals surface area contributed by atoms with Crippen molar-refractivity contribution in [1.29, 1.82) is 0 Å². The van der Waals surface area contributed by atoms with Crippen LogP contribution in [0.2, 0.25) is 0 Å². The van der Waals surface area contributed by atoms with Gasteiger partial charge in [-0.05, 0) is 48.0 Å². The van der Waals surface area contributed by atoms with Gasteiger partial charge in [0.25, 0.3) is 11.1 Å². The van der Waals surface area contributed by atoms with Crippen LogP contribution in [0.5, 0.6) is 0 Å². The van der Waals surface area contributed by atoms with E-state index in [-0.39, 0.29) is 11.1 Å². The first-order valence-electron chi connectivity index (χ1n) is 8.56. The molecule has 134 valence electrons. The van der Waals surface area contributed by atoms with Crippen molar-refractivity contribution in [3.63, 3.8) is 0 Å². The lowest BCUT2D eigenvalue weighted by Gasteiger charge is -2.11. The Hall–Kier alpha value is -2.63. The Balaban J connectivity index is 1.53. The van der Waals surface area contributed by atoms with Crippen LogP contribution in [0.4, 0.5) is 4.79 Å². The van der Waals surface area contributed by atoms with E-state index in [0.29, 0.717) is 11.4 Å². The Morgan fingerprint density at radius 2 is 1.67 bits per heavy atom. The van der Waals surface area contributed by atoms with E-state index >= 15 is 0 Å². The Labute approximate surface area is 166 Å². The minimum Gasteiger partial charge on any atom is -0.268 e. The topological polar surface area (TPSA) is 37.4 Å². The molecule has 2 amide bonds. The summed E-state index contributed by atoms with van der Waals surface area (Å²) in [5.41, 5.74) is 3.32. The van der Waals surface area contributed by atoms with Crippen LogP contribution in [0.25, 0.3) is 16.5 Å².